The smallest absolute Gasteiger partial charge is 0.410 e. The molecule has 1 amide bonds. The van der Waals surface area contributed by atoms with Crippen molar-refractivity contribution in [1.82, 2.24) is 14.9 Å². The van der Waals surface area contributed by atoms with Crippen LogP contribution in [0.2, 0.25) is 0 Å². The van der Waals surface area contributed by atoms with Crippen molar-refractivity contribution >= 4 is 23.4 Å². The lowest BCUT2D eigenvalue weighted by molar-refractivity contribution is 0.0270. The molecule has 2 aromatic rings. The molecule has 0 unspecified atom stereocenters. The molecule has 0 saturated heterocycles. The first-order valence-electron chi connectivity index (χ1n) is 10.1. The number of carbonyl (C=O) groups is 1. The van der Waals surface area contributed by atoms with Crippen LogP contribution in [0.25, 0.3) is 5.57 Å². The second-order valence-electron chi connectivity index (χ2n) is 8.07. The maximum absolute atomic E-state index is 12.4. The molecule has 0 aliphatic carbocycles. The molecule has 8 nitrogen and oxygen atoms in total. The van der Waals surface area contributed by atoms with Gasteiger partial charge in [-0.2, -0.15) is 15.2 Å². The van der Waals surface area contributed by atoms with Gasteiger partial charge in [0.25, 0.3) is 0 Å². The quantitative estimate of drug-likeness (QED) is 0.608. The van der Waals surface area contributed by atoms with Gasteiger partial charge in [-0.3, -0.25) is 0 Å². The van der Waals surface area contributed by atoms with E-state index < -0.39 is 5.60 Å². The average molecular weight is 455 g/mol. The zero-order chi connectivity index (χ0) is 23.3. The third-order valence-corrected chi connectivity index (χ3v) is 5.52. The Labute approximate surface area is 192 Å². The molecule has 1 aromatic carbocycles. The molecule has 0 atom stereocenters. The van der Waals surface area contributed by atoms with E-state index in [1.807, 2.05) is 39.0 Å². The summed E-state index contributed by atoms with van der Waals surface area (Å²) in [5.74, 6) is 0.782. The largest absolute Gasteiger partial charge is 0.481 e. The summed E-state index contributed by atoms with van der Waals surface area (Å²) in [7, 11) is 3.06. The van der Waals surface area contributed by atoms with Gasteiger partial charge >= 0.3 is 6.09 Å². The maximum atomic E-state index is 12.4. The maximum Gasteiger partial charge on any atom is 0.410 e. The molecule has 0 N–H and O–H groups in total. The second kappa shape index (κ2) is 9.92. The lowest BCUT2D eigenvalue weighted by Crippen LogP contribution is -2.39. The Morgan fingerprint density at radius 3 is 2.38 bits per heavy atom. The number of amides is 1. The third-order valence-electron chi connectivity index (χ3n) is 4.60. The Balaban J connectivity index is 1.88. The molecule has 1 aliphatic heterocycles. The molecule has 0 saturated carbocycles. The van der Waals surface area contributed by atoms with Gasteiger partial charge in [0, 0.05) is 18.0 Å². The van der Waals surface area contributed by atoms with Crippen LogP contribution in [-0.2, 0) is 4.74 Å². The van der Waals surface area contributed by atoms with E-state index in [9.17, 15) is 10.1 Å². The first-order valence-corrected chi connectivity index (χ1v) is 10.9. The zero-order valence-electron chi connectivity index (χ0n) is 18.8. The van der Waals surface area contributed by atoms with Crippen LogP contribution in [0.15, 0.2) is 40.4 Å². The molecule has 0 fully saturated rings. The number of aromatic nitrogens is 2. The van der Waals surface area contributed by atoms with Gasteiger partial charge < -0.3 is 19.1 Å². The molecular weight excluding hydrogens is 428 g/mol. The van der Waals surface area contributed by atoms with Gasteiger partial charge in [0.05, 0.1) is 31.9 Å². The summed E-state index contributed by atoms with van der Waals surface area (Å²) in [6, 6.07) is 9.31. The first-order chi connectivity index (χ1) is 15.2. The molecule has 9 heteroatoms. The van der Waals surface area contributed by atoms with Crippen LogP contribution in [0.4, 0.5) is 4.79 Å². The number of carbonyl (C=O) groups excluding carboxylic acids is 1. The van der Waals surface area contributed by atoms with E-state index in [1.54, 1.807) is 17.0 Å². The normalized spacial score (nSPS) is 13.8. The molecule has 168 valence electrons. The van der Waals surface area contributed by atoms with Crippen molar-refractivity contribution in [3.8, 4) is 17.8 Å². The van der Waals surface area contributed by atoms with E-state index in [1.165, 1.54) is 26.0 Å². The lowest BCUT2D eigenvalue weighted by atomic mass is 9.98. The van der Waals surface area contributed by atoms with Crippen molar-refractivity contribution in [2.75, 3.05) is 27.3 Å². The fourth-order valence-corrected chi connectivity index (χ4v) is 4.05. The highest BCUT2D eigenvalue weighted by molar-refractivity contribution is 7.99. The minimum absolute atomic E-state index is 0.320. The van der Waals surface area contributed by atoms with Crippen LogP contribution in [-0.4, -0.2) is 53.9 Å². The van der Waals surface area contributed by atoms with Gasteiger partial charge in [0.2, 0.25) is 11.8 Å². The van der Waals surface area contributed by atoms with E-state index in [2.05, 4.69) is 16.0 Å². The van der Waals surface area contributed by atoms with E-state index >= 15 is 0 Å². The monoisotopic (exact) mass is 454 g/mol. The summed E-state index contributed by atoms with van der Waals surface area (Å²) in [6.07, 6.45) is 2.37. The number of nitrogens with zero attached hydrogens (tertiary/aromatic N) is 4. The molecule has 0 spiro atoms. The Hall–Kier alpha value is -3.25. The average Bonchev–Trinajstić information content (AvgIpc) is 2.77. The van der Waals surface area contributed by atoms with Crippen molar-refractivity contribution in [2.45, 2.75) is 42.8 Å². The Kier molecular flexibility index (Phi) is 7.26. The Morgan fingerprint density at radius 2 is 1.84 bits per heavy atom. The van der Waals surface area contributed by atoms with Crippen LogP contribution in [0.3, 0.4) is 0 Å². The zero-order valence-corrected chi connectivity index (χ0v) is 19.7. The topological polar surface area (TPSA) is 97.6 Å². The van der Waals surface area contributed by atoms with Crippen molar-refractivity contribution < 1.29 is 19.0 Å². The predicted octanol–water partition coefficient (Wildman–Crippen LogP) is 4.54. The second-order valence-corrected chi connectivity index (χ2v) is 9.07. The Morgan fingerprint density at radius 1 is 1.16 bits per heavy atom. The van der Waals surface area contributed by atoms with Crippen molar-refractivity contribution in [3.05, 3.63) is 41.5 Å². The molecule has 0 radical (unpaired) electrons. The van der Waals surface area contributed by atoms with Crippen LogP contribution >= 0.6 is 11.8 Å². The summed E-state index contributed by atoms with van der Waals surface area (Å²) in [4.78, 5) is 23.7. The van der Waals surface area contributed by atoms with Crippen LogP contribution < -0.4 is 9.47 Å². The first kappa shape index (κ1) is 23.4. The molecule has 3 rings (SSSR count). The van der Waals surface area contributed by atoms with Gasteiger partial charge in [0.15, 0.2) is 5.16 Å². The SMILES string of the molecule is COc1cc(OC)nc(Sc2cc(C#N)ccc2C2=CCN(C(=O)OC(C)(C)C)CC2)n1. The highest BCUT2D eigenvalue weighted by atomic mass is 32.2. The van der Waals surface area contributed by atoms with Crippen molar-refractivity contribution in [2.24, 2.45) is 0 Å². The standard InChI is InChI=1S/C23H26N4O4S/c1-23(2,3)31-22(28)27-10-8-16(9-11-27)17-7-6-15(14-24)12-18(17)32-21-25-19(29-4)13-20(26-21)30-5/h6-8,12-13H,9-11H2,1-5H3. The van der Waals surface area contributed by atoms with E-state index in [-0.39, 0.29) is 6.09 Å². The molecule has 1 aliphatic rings. The summed E-state index contributed by atoms with van der Waals surface area (Å²) in [6.45, 7) is 6.57. The number of benzene rings is 1. The van der Waals surface area contributed by atoms with Crippen LogP contribution in [0.1, 0.15) is 38.3 Å². The summed E-state index contributed by atoms with van der Waals surface area (Å²) < 4.78 is 15.9. The molecular formula is C23H26N4O4S. The van der Waals surface area contributed by atoms with Crippen LogP contribution in [0, 0.1) is 11.3 Å². The molecule has 32 heavy (non-hydrogen) atoms. The van der Waals surface area contributed by atoms with E-state index in [4.69, 9.17) is 14.2 Å². The van der Waals surface area contributed by atoms with Gasteiger partial charge in [-0.1, -0.05) is 12.1 Å². The minimum atomic E-state index is -0.532. The molecule has 2 heterocycles. The fourth-order valence-electron chi connectivity index (χ4n) is 3.08. The van der Waals surface area contributed by atoms with E-state index in [0.29, 0.717) is 42.0 Å². The van der Waals surface area contributed by atoms with Gasteiger partial charge in [-0.05, 0) is 62.2 Å². The number of methoxy groups -OCH3 is 2. The molecule has 0 bridgehead atoms. The highest BCUT2D eigenvalue weighted by Crippen LogP contribution is 2.36. The number of nitriles is 1. The summed E-state index contributed by atoms with van der Waals surface area (Å²) in [5, 5.41) is 9.83. The number of hydrogen-bond acceptors (Lipinski definition) is 8. The van der Waals surface area contributed by atoms with Gasteiger partial charge in [-0.15, -0.1) is 0 Å². The summed E-state index contributed by atoms with van der Waals surface area (Å²) >= 11 is 1.33. The van der Waals surface area contributed by atoms with Crippen LogP contribution in [0.5, 0.6) is 11.8 Å². The predicted molar refractivity (Wildman–Crippen MR) is 121 cm³/mol. The van der Waals surface area contributed by atoms with Gasteiger partial charge in [-0.25, -0.2) is 4.79 Å². The number of rotatable bonds is 5. The third kappa shape index (κ3) is 5.92. The number of ether oxygens (including phenoxy) is 3. The fraction of sp³-hybridized carbons (Fsp3) is 0.391. The minimum Gasteiger partial charge on any atom is -0.481 e. The van der Waals surface area contributed by atoms with Gasteiger partial charge in [0.1, 0.15) is 5.60 Å². The summed E-state index contributed by atoms with van der Waals surface area (Å²) in [5.41, 5.74) is 2.07. The Bertz CT molecular complexity index is 1050. The highest BCUT2D eigenvalue weighted by Gasteiger charge is 2.25. The van der Waals surface area contributed by atoms with Crippen molar-refractivity contribution in [3.63, 3.8) is 0 Å². The van der Waals surface area contributed by atoms with Crippen molar-refractivity contribution in [1.29, 1.82) is 5.26 Å². The molecule has 1 aromatic heterocycles. The lowest BCUT2D eigenvalue weighted by Gasteiger charge is -2.30. The van der Waals surface area contributed by atoms with E-state index in [0.717, 1.165) is 16.0 Å². The number of hydrogen-bond donors (Lipinski definition) is 0.